The van der Waals surface area contributed by atoms with Gasteiger partial charge in [-0.15, -0.1) is 0 Å². The van der Waals surface area contributed by atoms with Gasteiger partial charge >= 0.3 is 0 Å². The molecule has 0 aromatic carbocycles. The van der Waals surface area contributed by atoms with E-state index in [1.807, 2.05) is 13.0 Å². The lowest BCUT2D eigenvalue weighted by molar-refractivity contribution is -0.117. The normalized spacial score (nSPS) is 10.7. The smallest absolute Gasteiger partial charge is 0.237 e. The van der Waals surface area contributed by atoms with E-state index in [0.717, 1.165) is 11.1 Å². The Morgan fingerprint density at radius 1 is 1.29 bits per heavy atom. The third kappa shape index (κ3) is 5.78. The van der Waals surface area contributed by atoms with Gasteiger partial charge in [-0.1, -0.05) is 13.8 Å². The second-order valence-corrected chi connectivity index (χ2v) is 5.31. The van der Waals surface area contributed by atoms with E-state index < -0.39 is 11.8 Å². The van der Waals surface area contributed by atoms with Gasteiger partial charge in [-0.2, -0.15) is 0 Å². The van der Waals surface area contributed by atoms with Gasteiger partial charge in [0.15, 0.2) is 0 Å². The summed E-state index contributed by atoms with van der Waals surface area (Å²) >= 11 is 0. The summed E-state index contributed by atoms with van der Waals surface area (Å²) in [5.74, 6) is -0.535. The number of hydrogen-bond acceptors (Lipinski definition) is 5. The number of nitrogens with two attached hydrogens (primary N) is 2. The molecule has 21 heavy (non-hydrogen) atoms. The Bertz CT molecular complexity index is 500. The van der Waals surface area contributed by atoms with E-state index in [1.165, 1.54) is 4.90 Å². The minimum absolute atomic E-state index is 0.0969. The summed E-state index contributed by atoms with van der Waals surface area (Å²) in [4.78, 5) is 28.0. The van der Waals surface area contributed by atoms with Gasteiger partial charge in [-0.3, -0.25) is 9.59 Å². The van der Waals surface area contributed by atoms with Gasteiger partial charge in [0.25, 0.3) is 0 Å². The van der Waals surface area contributed by atoms with Crippen molar-refractivity contribution in [2.45, 2.75) is 33.4 Å². The maximum atomic E-state index is 11.1. The lowest BCUT2D eigenvalue weighted by atomic mass is 10.2. The predicted molar refractivity (Wildman–Crippen MR) is 81.6 cm³/mol. The first-order valence-electron chi connectivity index (χ1n) is 6.80. The molecule has 0 radical (unpaired) electrons. The second-order valence-electron chi connectivity index (χ2n) is 5.31. The summed E-state index contributed by atoms with van der Waals surface area (Å²) in [6.45, 7) is 6.51. The van der Waals surface area contributed by atoms with Crippen LogP contribution in [0.15, 0.2) is 12.3 Å². The summed E-state index contributed by atoms with van der Waals surface area (Å²) in [5, 5.41) is 3.30. The van der Waals surface area contributed by atoms with Gasteiger partial charge in [0.2, 0.25) is 11.8 Å². The first-order chi connectivity index (χ1) is 9.79. The first kappa shape index (κ1) is 16.9. The fraction of sp³-hybridized carbons (Fsp3) is 0.500. The molecule has 7 nitrogen and oxygen atoms in total. The highest BCUT2D eigenvalue weighted by atomic mass is 16.2. The van der Waals surface area contributed by atoms with Crippen molar-refractivity contribution in [1.29, 1.82) is 0 Å². The van der Waals surface area contributed by atoms with Crippen LogP contribution >= 0.6 is 0 Å². The van der Waals surface area contributed by atoms with Crippen molar-refractivity contribution in [2.75, 3.05) is 18.0 Å². The monoisotopic (exact) mass is 293 g/mol. The minimum Gasteiger partial charge on any atom is -0.368 e. The number of carbonyl (C=O) groups excluding carboxylic acids is 2. The molecule has 0 fully saturated rings. The molecule has 116 valence electrons. The molecule has 0 unspecified atom stereocenters. The van der Waals surface area contributed by atoms with E-state index >= 15 is 0 Å². The number of nitrogens with zero attached hydrogens (tertiary/aromatic N) is 2. The molecule has 0 saturated heterocycles. The number of carbonyl (C=O) groups is 2. The summed E-state index contributed by atoms with van der Waals surface area (Å²) in [7, 11) is 0. The number of rotatable bonds is 8. The predicted octanol–water partition coefficient (Wildman–Crippen LogP) is -0.335. The van der Waals surface area contributed by atoms with Crippen LogP contribution in [0.5, 0.6) is 0 Å². The summed E-state index contributed by atoms with van der Waals surface area (Å²) in [6.07, 6.45) is 1.71. The topological polar surface area (TPSA) is 114 Å². The molecule has 0 bridgehead atoms. The largest absolute Gasteiger partial charge is 0.368 e. The molecule has 0 aliphatic carbocycles. The molecule has 1 rings (SSSR count). The zero-order valence-electron chi connectivity index (χ0n) is 12.7. The van der Waals surface area contributed by atoms with Gasteiger partial charge in [-0.25, -0.2) is 4.98 Å². The van der Waals surface area contributed by atoms with Crippen molar-refractivity contribution in [3.8, 4) is 0 Å². The van der Waals surface area contributed by atoms with Crippen LogP contribution in [0.25, 0.3) is 0 Å². The maximum Gasteiger partial charge on any atom is 0.237 e. The van der Waals surface area contributed by atoms with Crippen LogP contribution in [0.3, 0.4) is 0 Å². The van der Waals surface area contributed by atoms with Gasteiger partial charge in [0.05, 0.1) is 13.1 Å². The molecular formula is C14H23N5O2. The van der Waals surface area contributed by atoms with E-state index in [4.69, 9.17) is 11.5 Å². The highest BCUT2D eigenvalue weighted by Gasteiger charge is 2.16. The average molecular weight is 293 g/mol. The summed E-state index contributed by atoms with van der Waals surface area (Å²) < 4.78 is 0. The minimum atomic E-state index is -0.539. The zero-order valence-corrected chi connectivity index (χ0v) is 12.7. The van der Waals surface area contributed by atoms with Gasteiger partial charge in [-0.05, 0) is 24.1 Å². The highest BCUT2D eigenvalue weighted by Crippen LogP contribution is 2.17. The van der Waals surface area contributed by atoms with Gasteiger partial charge in [0.1, 0.15) is 5.82 Å². The second kappa shape index (κ2) is 7.58. The van der Waals surface area contributed by atoms with Crippen LogP contribution in [0.4, 0.5) is 5.82 Å². The van der Waals surface area contributed by atoms with Crippen LogP contribution in [0.2, 0.25) is 0 Å². The lowest BCUT2D eigenvalue weighted by Crippen LogP contribution is -2.40. The Morgan fingerprint density at radius 3 is 2.29 bits per heavy atom. The molecule has 7 heteroatoms. The maximum absolute atomic E-state index is 11.1. The van der Waals surface area contributed by atoms with Crippen LogP contribution in [0, 0.1) is 6.92 Å². The number of aromatic nitrogens is 1. The van der Waals surface area contributed by atoms with Gasteiger partial charge in [0, 0.05) is 18.8 Å². The third-order valence-corrected chi connectivity index (χ3v) is 2.81. The molecule has 0 aliphatic heterocycles. The van der Waals surface area contributed by atoms with Gasteiger partial charge < -0.3 is 21.7 Å². The van der Waals surface area contributed by atoms with E-state index in [9.17, 15) is 9.59 Å². The summed E-state index contributed by atoms with van der Waals surface area (Å²) in [5.41, 5.74) is 12.3. The van der Waals surface area contributed by atoms with Crippen molar-refractivity contribution in [1.82, 2.24) is 10.3 Å². The molecule has 0 atom stereocenters. The Morgan fingerprint density at radius 2 is 1.86 bits per heavy atom. The van der Waals surface area contributed by atoms with Crippen LogP contribution in [-0.2, 0) is 16.1 Å². The molecular weight excluding hydrogens is 270 g/mol. The fourth-order valence-electron chi connectivity index (χ4n) is 1.96. The Labute approximate surface area is 124 Å². The zero-order chi connectivity index (χ0) is 16.0. The quantitative estimate of drug-likeness (QED) is 0.607. The van der Waals surface area contributed by atoms with E-state index in [-0.39, 0.29) is 13.1 Å². The molecule has 0 saturated carbocycles. The van der Waals surface area contributed by atoms with Crippen molar-refractivity contribution < 1.29 is 9.59 Å². The fourth-order valence-corrected chi connectivity index (χ4v) is 1.96. The number of primary amides is 2. The molecule has 1 aromatic heterocycles. The summed E-state index contributed by atoms with van der Waals surface area (Å²) in [6, 6.07) is 2.35. The Balaban J connectivity index is 2.93. The highest BCUT2D eigenvalue weighted by molar-refractivity contribution is 5.84. The standard InChI is InChI=1S/C14H23N5O2/c1-9(2)17-5-11-4-10(3)14(18-6-11)19(7-12(15)20)8-13(16)21/h4,6,9,17H,5,7-8H2,1-3H3,(H2,15,20)(H2,16,21). The number of amides is 2. The molecule has 0 aliphatic rings. The van der Waals surface area contributed by atoms with Crippen molar-refractivity contribution in [3.63, 3.8) is 0 Å². The van der Waals surface area contributed by atoms with E-state index in [1.54, 1.807) is 6.20 Å². The number of aryl methyl sites for hydroxylation is 1. The van der Waals surface area contributed by atoms with Crippen LogP contribution < -0.4 is 21.7 Å². The van der Waals surface area contributed by atoms with Crippen LogP contribution in [0.1, 0.15) is 25.0 Å². The number of nitrogens with one attached hydrogen (secondary N) is 1. The van der Waals surface area contributed by atoms with Crippen molar-refractivity contribution >= 4 is 17.6 Å². The number of pyridine rings is 1. The average Bonchev–Trinajstić information content (AvgIpc) is 2.34. The van der Waals surface area contributed by atoms with E-state index in [2.05, 4.69) is 24.1 Å². The van der Waals surface area contributed by atoms with Crippen molar-refractivity contribution in [2.24, 2.45) is 11.5 Å². The Hall–Kier alpha value is -2.15. The Kier molecular flexibility index (Phi) is 6.10. The lowest BCUT2D eigenvalue weighted by Gasteiger charge is -2.22. The van der Waals surface area contributed by atoms with Crippen molar-refractivity contribution in [3.05, 3.63) is 23.4 Å². The molecule has 1 heterocycles. The van der Waals surface area contributed by atoms with Crippen LogP contribution in [-0.4, -0.2) is 35.9 Å². The molecule has 2 amide bonds. The third-order valence-electron chi connectivity index (χ3n) is 2.81. The first-order valence-corrected chi connectivity index (χ1v) is 6.80. The number of anilines is 1. The number of hydrogen-bond donors (Lipinski definition) is 3. The SMILES string of the molecule is Cc1cc(CNC(C)C)cnc1N(CC(N)=O)CC(N)=O. The molecule has 1 aromatic rings. The van der Waals surface area contributed by atoms with E-state index in [0.29, 0.717) is 18.4 Å². The molecule has 0 spiro atoms. The molecule has 5 N–H and O–H groups in total.